The van der Waals surface area contributed by atoms with E-state index in [2.05, 4.69) is 6.92 Å². The standard InChI is InChI=1S/C17H29N/c1-12(16(11-18)3-2-4-16)17-8-13-5-14(9-17)7-15(6-13)10-17/h12-15H,2-11,18H2,1H3. The first-order valence-electron chi connectivity index (χ1n) is 8.36. The second-order valence-electron chi connectivity index (χ2n) is 8.42. The number of nitrogens with two attached hydrogens (primary N) is 1. The Morgan fingerprint density at radius 1 is 1.00 bits per heavy atom. The summed E-state index contributed by atoms with van der Waals surface area (Å²) in [5.74, 6) is 4.17. The van der Waals surface area contributed by atoms with Crippen LogP contribution in [-0.2, 0) is 0 Å². The van der Waals surface area contributed by atoms with Gasteiger partial charge in [-0.2, -0.15) is 0 Å². The van der Waals surface area contributed by atoms with Gasteiger partial charge >= 0.3 is 0 Å². The first-order valence-corrected chi connectivity index (χ1v) is 8.36. The summed E-state index contributed by atoms with van der Waals surface area (Å²) < 4.78 is 0. The molecule has 0 amide bonds. The van der Waals surface area contributed by atoms with E-state index in [4.69, 9.17) is 5.73 Å². The molecule has 5 saturated carbocycles. The predicted octanol–water partition coefficient (Wildman–Crippen LogP) is 3.97. The van der Waals surface area contributed by atoms with E-state index >= 15 is 0 Å². The van der Waals surface area contributed by atoms with Crippen LogP contribution in [0, 0.1) is 34.5 Å². The zero-order valence-corrected chi connectivity index (χ0v) is 12.0. The van der Waals surface area contributed by atoms with Crippen LogP contribution >= 0.6 is 0 Å². The van der Waals surface area contributed by atoms with E-state index in [1.807, 2.05) is 0 Å². The maximum Gasteiger partial charge on any atom is -0.00178 e. The molecular formula is C17H29N. The summed E-state index contributed by atoms with van der Waals surface area (Å²) in [5.41, 5.74) is 7.45. The highest BCUT2D eigenvalue weighted by Crippen LogP contribution is 2.67. The Morgan fingerprint density at radius 2 is 1.50 bits per heavy atom. The van der Waals surface area contributed by atoms with Gasteiger partial charge in [0, 0.05) is 0 Å². The fourth-order valence-electron chi connectivity index (χ4n) is 6.80. The van der Waals surface area contributed by atoms with Crippen LogP contribution in [0.5, 0.6) is 0 Å². The molecule has 5 aliphatic rings. The van der Waals surface area contributed by atoms with E-state index in [9.17, 15) is 0 Å². The smallest absolute Gasteiger partial charge is 0.00178 e. The Bertz CT molecular complexity index is 301. The number of hydrogen-bond donors (Lipinski definition) is 1. The Hall–Kier alpha value is -0.0400. The fourth-order valence-corrected chi connectivity index (χ4v) is 6.80. The molecule has 5 fully saturated rings. The molecule has 1 unspecified atom stereocenters. The largest absolute Gasteiger partial charge is 0.330 e. The van der Waals surface area contributed by atoms with Gasteiger partial charge in [-0.25, -0.2) is 0 Å². The summed E-state index contributed by atoms with van der Waals surface area (Å²) in [4.78, 5) is 0. The summed E-state index contributed by atoms with van der Waals surface area (Å²) in [7, 11) is 0. The van der Waals surface area contributed by atoms with Gasteiger partial charge in [0.05, 0.1) is 0 Å². The van der Waals surface area contributed by atoms with E-state index < -0.39 is 0 Å². The molecule has 1 heteroatoms. The third-order valence-electron chi connectivity index (χ3n) is 7.68. The first kappa shape index (κ1) is 11.8. The minimum absolute atomic E-state index is 0.547. The highest BCUT2D eigenvalue weighted by Gasteiger charge is 2.58. The molecule has 0 aromatic heterocycles. The summed E-state index contributed by atoms with van der Waals surface area (Å²) in [6, 6.07) is 0. The van der Waals surface area contributed by atoms with Crippen molar-refractivity contribution in [3.05, 3.63) is 0 Å². The second kappa shape index (κ2) is 3.75. The van der Waals surface area contributed by atoms with E-state index in [1.165, 1.54) is 19.3 Å². The van der Waals surface area contributed by atoms with Crippen LogP contribution in [0.3, 0.4) is 0 Å². The zero-order valence-electron chi connectivity index (χ0n) is 12.0. The molecule has 1 nitrogen and oxygen atoms in total. The lowest BCUT2D eigenvalue weighted by Gasteiger charge is -2.63. The van der Waals surface area contributed by atoms with E-state index in [0.29, 0.717) is 10.8 Å². The lowest BCUT2D eigenvalue weighted by atomic mass is 9.42. The number of rotatable bonds is 3. The Balaban J connectivity index is 1.63. The second-order valence-corrected chi connectivity index (χ2v) is 8.42. The summed E-state index contributed by atoms with van der Waals surface area (Å²) in [6.45, 7) is 3.54. The molecule has 5 rings (SSSR count). The number of hydrogen-bond acceptors (Lipinski definition) is 1. The van der Waals surface area contributed by atoms with Crippen molar-refractivity contribution in [2.24, 2.45) is 40.2 Å². The van der Waals surface area contributed by atoms with Crippen LogP contribution < -0.4 is 5.73 Å². The van der Waals surface area contributed by atoms with Gasteiger partial charge in [0.1, 0.15) is 0 Å². The summed E-state index contributed by atoms with van der Waals surface area (Å²) in [5, 5.41) is 0. The Labute approximate surface area is 112 Å². The molecule has 0 aromatic carbocycles. The van der Waals surface area contributed by atoms with Crippen molar-refractivity contribution in [3.8, 4) is 0 Å². The molecule has 0 saturated heterocycles. The Morgan fingerprint density at radius 3 is 1.83 bits per heavy atom. The molecule has 4 bridgehead atoms. The summed E-state index contributed by atoms with van der Waals surface area (Å²) >= 11 is 0. The average Bonchev–Trinajstić information content (AvgIpc) is 2.26. The molecule has 0 radical (unpaired) electrons. The van der Waals surface area contributed by atoms with Crippen molar-refractivity contribution < 1.29 is 0 Å². The lowest BCUT2D eigenvalue weighted by molar-refractivity contribution is -0.132. The average molecular weight is 247 g/mol. The van der Waals surface area contributed by atoms with Gasteiger partial charge in [-0.1, -0.05) is 13.3 Å². The molecule has 0 spiro atoms. The minimum atomic E-state index is 0.547. The maximum atomic E-state index is 6.19. The molecule has 0 aliphatic heterocycles. The van der Waals surface area contributed by atoms with E-state index in [0.717, 1.165) is 30.2 Å². The van der Waals surface area contributed by atoms with Crippen LogP contribution in [0.4, 0.5) is 0 Å². The highest BCUT2D eigenvalue weighted by molar-refractivity contribution is 5.08. The van der Waals surface area contributed by atoms with Crippen molar-refractivity contribution in [2.45, 2.75) is 64.7 Å². The first-order chi connectivity index (χ1) is 8.66. The van der Waals surface area contributed by atoms with Crippen molar-refractivity contribution in [1.82, 2.24) is 0 Å². The molecule has 2 N–H and O–H groups in total. The normalized spacial score (nSPS) is 50.0. The van der Waals surface area contributed by atoms with Gasteiger partial charge in [-0.15, -0.1) is 0 Å². The van der Waals surface area contributed by atoms with Crippen molar-refractivity contribution >= 4 is 0 Å². The zero-order chi connectivity index (χ0) is 12.4. The molecular weight excluding hydrogens is 218 g/mol. The quantitative estimate of drug-likeness (QED) is 0.802. The van der Waals surface area contributed by atoms with Crippen LogP contribution in [0.25, 0.3) is 0 Å². The summed E-state index contributed by atoms with van der Waals surface area (Å²) in [6.07, 6.45) is 13.7. The fraction of sp³-hybridized carbons (Fsp3) is 1.00. The third-order valence-corrected chi connectivity index (χ3v) is 7.68. The van der Waals surface area contributed by atoms with Crippen LogP contribution in [0.1, 0.15) is 64.7 Å². The van der Waals surface area contributed by atoms with Gasteiger partial charge in [-0.05, 0) is 92.4 Å². The molecule has 18 heavy (non-hydrogen) atoms. The maximum absolute atomic E-state index is 6.19. The van der Waals surface area contributed by atoms with Gasteiger partial charge < -0.3 is 5.73 Å². The molecule has 0 heterocycles. The van der Waals surface area contributed by atoms with Gasteiger partial charge in [0.15, 0.2) is 0 Å². The SMILES string of the molecule is CC(C1(CN)CCC1)C12CC3CC(CC(C3)C1)C2. The molecule has 1 atom stereocenters. The van der Waals surface area contributed by atoms with Gasteiger partial charge in [0.25, 0.3) is 0 Å². The Kier molecular flexibility index (Phi) is 2.45. The van der Waals surface area contributed by atoms with Crippen molar-refractivity contribution in [3.63, 3.8) is 0 Å². The molecule has 5 aliphatic carbocycles. The van der Waals surface area contributed by atoms with Gasteiger partial charge in [-0.3, -0.25) is 0 Å². The third kappa shape index (κ3) is 1.43. The van der Waals surface area contributed by atoms with Gasteiger partial charge in [0.2, 0.25) is 0 Å². The van der Waals surface area contributed by atoms with E-state index in [-0.39, 0.29) is 0 Å². The van der Waals surface area contributed by atoms with Crippen LogP contribution in [0.2, 0.25) is 0 Å². The molecule has 102 valence electrons. The lowest BCUT2D eigenvalue weighted by Crippen LogP contribution is -2.56. The molecule has 0 aromatic rings. The monoisotopic (exact) mass is 247 g/mol. The highest BCUT2D eigenvalue weighted by atomic mass is 14.7. The van der Waals surface area contributed by atoms with Crippen LogP contribution in [-0.4, -0.2) is 6.54 Å². The van der Waals surface area contributed by atoms with Crippen molar-refractivity contribution in [2.75, 3.05) is 6.54 Å². The minimum Gasteiger partial charge on any atom is -0.330 e. The topological polar surface area (TPSA) is 26.0 Å². The predicted molar refractivity (Wildman–Crippen MR) is 75.1 cm³/mol. The van der Waals surface area contributed by atoms with Crippen LogP contribution in [0.15, 0.2) is 0 Å². The van der Waals surface area contributed by atoms with E-state index in [1.54, 1.807) is 38.5 Å². The van der Waals surface area contributed by atoms with Crippen molar-refractivity contribution in [1.29, 1.82) is 0 Å².